The van der Waals surface area contributed by atoms with E-state index in [1.165, 1.54) is 11.3 Å². The van der Waals surface area contributed by atoms with Gasteiger partial charge in [0.15, 0.2) is 0 Å². The quantitative estimate of drug-likeness (QED) is 0.854. The molecule has 0 aliphatic carbocycles. The minimum absolute atomic E-state index is 0.0673. The lowest BCUT2D eigenvalue weighted by Crippen LogP contribution is -2.50. The molecule has 1 aliphatic heterocycles. The zero-order valence-corrected chi connectivity index (χ0v) is 14.6. The first-order chi connectivity index (χ1) is 11.6. The van der Waals surface area contributed by atoms with E-state index in [1.54, 1.807) is 5.51 Å². The topological polar surface area (TPSA) is 86.5 Å². The summed E-state index contributed by atoms with van der Waals surface area (Å²) in [5.41, 5.74) is 4.31. The third kappa shape index (κ3) is 4.19. The van der Waals surface area contributed by atoms with Gasteiger partial charge in [-0.3, -0.25) is 4.79 Å². The molecule has 2 aromatic heterocycles. The van der Waals surface area contributed by atoms with Gasteiger partial charge in [0.05, 0.1) is 48.7 Å². The molecule has 1 amide bonds. The summed E-state index contributed by atoms with van der Waals surface area (Å²) >= 11 is 1.48. The van der Waals surface area contributed by atoms with Gasteiger partial charge < -0.3 is 19.3 Å². The highest BCUT2D eigenvalue weighted by atomic mass is 32.1. The summed E-state index contributed by atoms with van der Waals surface area (Å²) in [5, 5.41) is 8.81. The van der Waals surface area contributed by atoms with Crippen molar-refractivity contribution in [2.24, 2.45) is 0 Å². The minimum atomic E-state index is -0.162. The van der Waals surface area contributed by atoms with Crippen molar-refractivity contribution >= 4 is 17.2 Å². The first kappa shape index (κ1) is 17.1. The molecule has 1 saturated heterocycles. The number of nitrogens with zero attached hydrogens (tertiary/aromatic N) is 2. The number of hydrogen-bond acceptors (Lipinski definition) is 7. The summed E-state index contributed by atoms with van der Waals surface area (Å²) < 4.78 is 16.7. The molecule has 2 atom stereocenters. The van der Waals surface area contributed by atoms with E-state index in [1.807, 2.05) is 19.2 Å². The van der Waals surface area contributed by atoms with Gasteiger partial charge in [0, 0.05) is 17.6 Å². The van der Waals surface area contributed by atoms with Crippen molar-refractivity contribution in [2.75, 3.05) is 13.2 Å². The van der Waals surface area contributed by atoms with Gasteiger partial charge >= 0.3 is 0 Å². The average Bonchev–Trinajstić information content (AvgIpc) is 3.17. The Balaban J connectivity index is 1.56. The maximum Gasteiger partial charge on any atom is 0.226 e. The fourth-order valence-corrected chi connectivity index (χ4v) is 3.26. The lowest BCUT2D eigenvalue weighted by Gasteiger charge is -2.32. The number of carbonyl (C=O) groups is 1. The van der Waals surface area contributed by atoms with Crippen molar-refractivity contribution in [3.8, 4) is 0 Å². The molecule has 1 N–H and O–H groups in total. The highest BCUT2D eigenvalue weighted by molar-refractivity contribution is 7.07. The standard InChI is InChI=1S/C16H21N3O4S/c1-10-13(11(2)23-19-10)6-22-15-3-4-21-7-14(15)18-16(20)5-12-8-24-9-17-12/h8-9,14-15H,3-7H2,1-2H3,(H,18,20)/t14-,15+/m1/s1. The molecule has 24 heavy (non-hydrogen) atoms. The Labute approximate surface area is 144 Å². The molecule has 130 valence electrons. The first-order valence-corrected chi connectivity index (χ1v) is 8.85. The van der Waals surface area contributed by atoms with Gasteiger partial charge in [-0.2, -0.15) is 0 Å². The molecule has 3 heterocycles. The fraction of sp³-hybridized carbons (Fsp3) is 0.562. The van der Waals surface area contributed by atoms with E-state index < -0.39 is 0 Å². The monoisotopic (exact) mass is 351 g/mol. The number of aryl methyl sites for hydroxylation is 2. The minimum Gasteiger partial charge on any atom is -0.379 e. The molecule has 0 saturated carbocycles. The zero-order chi connectivity index (χ0) is 16.9. The molecule has 1 fully saturated rings. The highest BCUT2D eigenvalue weighted by Crippen LogP contribution is 2.18. The van der Waals surface area contributed by atoms with Crippen molar-refractivity contribution < 1.29 is 18.8 Å². The first-order valence-electron chi connectivity index (χ1n) is 7.91. The van der Waals surface area contributed by atoms with E-state index in [0.29, 0.717) is 19.8 Å². The number of ether oxygens (including phenoxy) is 2. The number of thiazole rings is 1. The van der Waals surface area contributed by atoms with Gasteiger partial charge in [-0.25, -0.2) is 4.98 Å². The maximum atomic E-state index is 12.2. The third-order valence-corrected chi connectivity index (χ3v) is 4.72. The number of nitrogens with one attached hydrogen (secondary N) is 1. The largest absolute Gasteiger partial charge is 0.379 e. The lowest BCUT2D eigenvalue weighted by atomic mass is 10.1. The SMILES string of the molecule is Cc1noc(C)c1CO[C@H]1CCOC[C@H]1NC(=O)Cc1cscn1. The Kier molecular flexibility index (Phi) is 5.60. The summed E-state index contributed by atoms with van der Waals surface area (Å²) in [6.07, 6.45) is 0.925. The van der Waals surface area contributed by atoms with Gasteiger partial charge in [-0.15, -0.1) is 11.3 Å². The Morgan fingerprint density at radius 3 is 3.08 bits per heavy atom. The number of aromatic nitrogens is 2. The van der Waals surface area contributed by atoms with Crippen LogP contribution >= 0.6 is 11.3 Å². The predicted molar refractivity (Wildman–Crippen MR) is 87.7 cm³/mol. The molecule has 0 radical (unpaired) electrons. The van der Waals surface area contributed by atoms with Crippen LogP contribution in [0.3, 0.4) is 0 Å². The number of hydrogen-bond donors (Lipinski definition) is 1. The van der Waals surface area contributed by atoms with Gasteiger partial charge in [0.2, 0.25) is 5.91 Å². The average molecular weight is 351 g/mol. The Morgan fingerprint density at radius 2 is 2.38 bits per heavy atom. The zero-order valence-electron chi connectivity index (χ0n) is 13.8. The van der Waals surface area contributed by atoms with Gasteiger partial charge in [-0.05, 0) is 20.3 Å². The molecule has 2 aromatic rings. The van der Waals surface area contributed by atoms with Gasteiger partial charge in [0.1, 0.15) is 5.76 Å². The second-order valence-electron chi connectivity index (χ2n) is 5.85. The third-order valence-electron chi connectivity index (χ3n) is 4.09. The smallest absolute Gasteiger partial charge is 0.226 e. The molecule has 8 heteroatoms. The molecule has 0 spiro atoms. The van der Waals surface area contributed by atoms with Crippen molar-refractivity contribution in [1.82, 2.24) is 15.5 Å². The summed E-state index contributed by atoms with van der Waals surface area (Å²) in [6, 6.07) is -0.162. The molecule has 0 aromatic carbocycles. The van der Waals surface area contributed by atoms with Crippen LogP contribution in [0.4, 0.5) is 0 Å². The highest BCUT2D eigenvalue weighted by Gasteiger charge is 2.28. The lowest BCUT2D eigenvalue weighted by molar-refractivity contribution is -0.126. The van der Waals surface area contributed by atoms with Crippen LogP contribution in [0.25, 0.3) is 0 Å². The molecular formula is C16H21N3O4S. The summed E-state index contributed by atoms with van der Waals surface area (Å²) in [6.45, 7) is 5.27. The van der Waals surface area contributed by atoms with Gasteiger partial charge in [-0.1, -0.05) is 5.16 Å². The fourth-order valence-electron chi connectivity index (χ4n) is 2.70. The van der Waals surface area contributed by atoms with Gasteiger partial charge in [0.25, 0.3) is 0 Å². The Hall–Kier alpha value is -1.77. The van der Waals surface area contributed by atoms with Crippen LogP contribution in [-0.4, -0.2) is 41.4 Å². The van der Waals surface area contributed by atoms with Crippen molar-refractivity contribution in [2.45, 2.75) is 45.4 Å². The summed E-state index contributed by atoms with van der Waals surface area (Å²) in [5.74, 6) is 0.700. The van der Waals surface area contributed by atoms with E-state index in [9.17, 15) is 4.79 Å². The van der Waals surface area contributed by atoms with E-state index in [0.717, 1.165) is 29.1 Å². The summed E-state index contributed by atoms with van der Waals surface area (Å²) in [7, 11) is 0. The van der Waals surface area contributed by atoms with Crippen LogP contribution in [-0.2, 0) is 27.3 Å². The van der Waals surface area contributed by atoms with E-state index in [-0.39, 0.29) is 24.5 Å². The second-order valence-corrected chi connectivity index (χ2v) is 6.57. The second kappa shape index (κ2) is 7.87. The van der Waals surface area contributed by atoms with Crippen LogP contribution < -0.4 is 5.32 Å². The van der Waals surface area contributed by atoms with Crippen molar-refractivity contribution in [1.29, 1.82) is 0 Å². The Bertz CT molecular complexity index is 651. The summed E-state index contributed by atoms with van der Waals surface area (Å²) in [4.78, 5) is 16.3. The predicted octanol–water partition coefficient (Wildman–Crippen LogP) is 1.78. The molecule has 0 bridgehead atoms. The number of rotatable bonds is 6. The maximum absolute atomic E-state index is 12.2. The Morgan fingerprint density at radius 1 is 1.50 bits per heavy atom. The van der Waals surface area contributed by atoms with Crippen LogP contribution in [0.1, 0.15) is 29.1 Å². The van der Waals surface area contributed by atoms with E-state index in [2.05, 4.69) is 15.5 Å². The number of carbonyl (C=O) groups excluding carboxylic acids is 1. The van der Waals surface area contributed by atoms with Crippen LogP contribution in [0.5, 0.6) is 0 Å². The van der Waals surface area contributed by atoms with E-state index >= 15 is 0 Å². The van der Waals surface area contributed by atoms with Crippen molar-refractivity contribution in [3.63, 3.8) is 0 Å². The van der Waals surface area contributed by atoms with E-state index in [4.69, 9.17) is 14.0 Å². The molecule has 3 rings (SSSR count). The molecule has 0 unspecified atom stereocenters. The van der Waals surface area contributed by atoms with Crippen molar-refractivity contribution in [3.05, 3.63) is 33.6 Å². The normalized spacial score (nSPS) is 20.9. The van der Waals surface area contributed by atoms with Crippen LogP contribution in [0.15, 0.2) is 15.4 Å². The van der Waals surface area contributed by atoms with Crippen LogP contribution in [0, 0.1) is 13.8 Å². The van der Waals surface area contributed by atoms with Crippen LogP contribution in [0.2, 0.25) is 0 Å². The molecule has 7 nitrogen and oxygen atoms in total. The number of amides is 1. The molecule has 1 aliphatic rings. The molecular weight excluding hydrogens is 330 g/mol.